The van der Waals surface area contributed by atoms with Crippen LogP contribution in [-0.4, -0.2) is 26.5 Å². The van der Waals surface area contributed by atoms with Gasteiger partial charge in [0.1, 0.15) is 5.82 Å². The van der Waals surface area contributed by atoms with Crippen LogP contribution in [0.15, 0.2) is 48.9 Å². The third-order valence-corrected chi connectivity index (χ3v) is 3.64. The van der Waals surface area contributed by atoms with Crippen LogP contribution in [0, 0.1) is 5.82 Å². The van der Waals surface area contributed by atoms with Crippen LogP contribution in [0.4, 0.5) is 10.3 Å². The molecule has 0 aliphatic carbocycles. The van der Waals surface area contributed by atoms with Gasteiger partial charge in [0.05, 0.1) is 30.0 Å². The molecule has 1 aliphatic heterocycles. The molecule has 126 valence electrons. The van der Waals surface area contributed by atoms with Gasteiger partial charge in [-0.1, -0.05) is 0 Å². The fourth-order valence-corrected chi connectivity index (χ4v) is 2.51. The van der Waals surface area contributed by atoms with E-state index in [0.29, 0.717) is 29.5 Å². The predicted octanol–water partition coefficient (Wildman–Crippen LogP) is 2.81. The molecule has 0 spiro atoms. The number of nitrogen functional groups attached to an aromatic ring is 1. The van der Waals surface area contributed by atoms with Gasteiger partial charge in [0.2, 0.25) is 5.95 Å². The number of rotatable bonds is 3. The molecular formula is C17H14FN5O2. The van der Waals surface area contributed by atoms with Crippen LogP contribution in [0.2, 0.25) is 0 Å². The van der Waals surface area contributed by atoms with E-state index in [0.717, 1.165) is 5.56 Å². The number of ether oxygens (including phenoxy) is 2. The first kappa shape index (κ1) is 15.3. The average molecular weight is 339 g/mol. The van der Waals surface area contributed by atoms with Gasteiger partial charge in [0, 0.05) is 11.8 Å². The van der Waals surface area contributed by atoms with E-state index in [1.54, 1.807) is 36.7 Å². The zero-order chi connectivity index (χ0) is 17.2. The first-order valence-electron chi connectivity index (χ1n) is 7.57. The lowest BCUT2D eigenvalue weighted by Crippen LogP contribution is -2.11. The molecule has 8 heteroatoms. The molecular weight excluding hydrogens is 325 g/mol. The van der Waals surface area contributed by atoms with E-state index in [1.165, 1.54) is 12.1 Å². The largest absolute Gasteiger partial charge is 0.465 e. The first-order chi connectivity index (χ1) is 12.2. The molecule has 3 heterocycles. The molecule has 3 N–H and O–H groups in total. The predicted molar refractivity (Wildman–Crippen MR) is 88.3 cm³/mol. The Morgan fingerprint density at radius 2 is 2.00 bits per heavy atom. The third kappa shape index (κ3) is 3.07. The van der Waals surface area contributed by atoms with Crippen LogP contribution in [0.1, 0.15) is 12.1 Å². The lowest BCUT2D eigenvalue weighted by atomic mass is 10.1. The summed E-state index contributed by atoms with van der Waals surface area (Å²) in [7, 11) is 0. The minimum atomic E-state index is -0.655. The molecule has 2 aromatic heterocycles. The highest BCUT2D eigenvalue weighted by atomic mass is 19.1. The Morgan fingerprint density at radius 3 is 2.72 bits per heavy atom. The Labute approximate surface area is 142 Å². The number of anilines is 1. The summed E-state index contributed by atoms with van der Waals surface area (Å²) in [5.74, 6) is 0.305. The number of nitrogens with one attached hydrogen (secondary N) is 1. The molecule has 7 nitrogen and oxygen atoms in total. The molecule has 0 radical (unpaired) electrons. The van der Waals surface area contributed by atoms with Crippen molar-refractivity contribution in [2.24, 2.45) is 0 Å². The summed E-state index contributed by atoms with van der Waals surface area (Å²) in [6, 6.07) is 7.75. The van der Waals surface area contributed by atoms with Gasteiger partial charge in [-0.05, 0) is 36.4 Å². The SMILES string of the molecule is Nc1nccc(-c2[nH]c(C3OC=CCO3)nc2-c2ccc(F)cc2)n1. The van der Waals surface area contributed by atoms with Crippen LogP contribution < -0.4 is 5.73 Å². The Hall–Kier alpha value is -3.26. The third-order valence-electron chi connectivity index (χ3n) is 3.64. The topological polar surface area (TPSA) is 98.9 Å². The Morgan fingerprint density at radius 1 is 1.16 bits per heavy atom. The zero-order valence-electron chi connectivity index (χ0n) is 13.0. The summed E-state index contributed by atoms with van der Waals surface area (Å²) in [6.07, 6.45) is 4.23. The molecule has 1 unspecified atom stereocenters. The maximum Gasteiger partial charge on any atom is 0.258 e. The summed E-state index contributed by atoms with van der Waals surface area (Å²) >= 11 is 0. The average Bonchev–Trinajstić information content (AvgIpc) is 3.08. The van der Waals surface area contributed by atoms with Crippen molar-refractivity contribution in [3.05, 3.63) is 60.5 Å². The van der Waals surface area contributed by atoms with Crippen molar-refractivity contribution < 1.29 is 13.9 Å². The van der Waals surface area contributed by atoms with Crippen LogP contribution in [-0.2, 0) is 9.47 Å². The number of hydrogen-bond donors (Lipinski definition) is 2. The quantitative estimate of drug-likeness (QED) is 0.761. The van der Waals surface area contributed by atoms with Gasteiger partial charge in [-0.3, -0.25) is 0 Å². The second kappa shape index (κ2) is 6.33. The molecule has 1 aliphatic rings. The van der Waals surface area contributed by atoms with Crippen molar-refractivity contribution >= 4 is 5.95 Å². The molecule has 25 heavy (non-hydrogen) atoms. The molecule has 1 aromatic carbocycles. The van der Waals surface area contributed by atoms with Crippen molar-refractivity contribution in [3.8, 4) is 22.6 Å². The van der Waals surface area contributed by atoms with Gasteiger partial charge in [-0.2, -0.15) is 0 Å². The number of halogens is 1. The van der Waals surface area contributed by atoms with Crippen LogP contribution in [0.5, 0.6) is 0 Å². The second-order valence-electron chi connectivity index (χ2n) is 5.33. The summed E-state index contributed by atoms with van der Waals surface area (Å²) in [5.41, 5.74) is 8.20. The minimum absolute atomic E-state index is 0.145. The van der Waals surface area contributed by atoms with Crippen molar-refractivity contribution in [2.75, 3.05) is 12.3 Å². The van der Waals surface area contributed by atoms with Crippen molar-refractivity contribution in [1.29, 1.82) is 0 Å². The van der Waals surface area contributed by atoms with Crippen molar-refractivity contribution in [1.82, 2.24) is 19.9 Å². The number of aromatic nitrogens is 4. The van der Waals surface area contributed by atoms with Crippen molar-refractivity contribution in [2.45, 2.75) is 6.29 Å². The maximum atomic E-state index is 13.3. The fourth-order valence-electron chi connectivity index (χ4n) is 2.51. The van der Waals surface area contributed by atoms with Crippen molar-refractivity contribution in [3.63, 3.8) is 0 Å². The molecule has 1 atom stereocenters. The second-order valence-corrected chi connectivity index (χ2v) is 5.33. The summed E-state index contributed by atoms with van der Waals surface area (Å²) < 4.78 is 24.2. The molecule has 0 fully saturated rings. The Bertz CT molecular complexity index is 923. The van der Waals surface area contributed by atoms with Gasteiger partial charge in [-0.25, -0.2) is 19.3 Å². The molecule has 0 saturated carbocycles. The van der Waals surface area contributed by atoms with Gasteiger partial charge in [0.25, 0.3) is 6.29 Å². The van der Waals surface area contributed by atoms with Crippen LogP contribution in [0.25, 0.3) is 22.6 Å². The van der Waals surface area contributed by atoms with E-state index in [9.17, 15) is 4.39 Å². The molecule has 4 rings (SSSR count). The lowest BCUT2D eigenvalue weighted by molar-refractivity contribution is -0.119. The van der Waals surface area contributed by atoms with Gasteiger partial charge < -0.3 is 20.2 Å². The minimum Gasteiger partial charge on any atom is -0.465 e. The number of hydrogen-bond acceptors (Lipinski definition) is 6. The lowest BCUT2D eigenvalue weighted by Gasteiger charge is -2.17. The smallest absolute Gasteiger partial charge is 0.258 e. The zero-order valence-corrected chi connectivity index (χ0v) is 13.0. The molecule has 3 aromatic rings. The Balaban J connectivity index is 1.83. The van der Waals surface area contributed by atoms with Gasteiger partial charge in [-0.15, -0.1) is 0 Å². The van der Waals surface area contributed by atoms with E-state index in [1.807, 2.05) is 0 Å². The number of imidazole rings is 1. The van der Waals surface area contributed by atoms with Gasteiger partial charge in [0.15, 0.2) is 5.82 Å². The van der Waals surface area contributed by atoms with E-state index >= 15 is 0 Å². The number of nitrogens with zero attached hydrogens (tertiary/aromatic N) is 3. The number of nitrogens with two attached hydrogens (primary N) is 1. The normalized spacial score (nSPS) is 16.6. The molecule has 0 bridgehead atoms. The number of aromatic amines is 1. The first-order valence-corrected chi connectivity index (χ1v) is 7.57. The summed E-state index contributed by atoms with van der Waals surface area (Å²) in [5, 5.41) is 0. The molecule has 0 amide bonds. The molecule has 0 saturated heterocycles. The van der Waals surface area contributed by atoms with Gasteiger partial charge >= 0.3 is 0 Å². The highest BCUT2D eigenvalue weighted by Gasteiger charge is 2.23. The van der Waals surface area contributed by atoms with Crippen LogP contribution >= 0.6 is 0 Å². The Kier molecular flexibility index (Phi) is 3.87. The highest BCUT2D eigenvalue weighted by Crippen LogP contribution is 2.32. The summed E-state index contributed by atoms with van der Waals surface area (Å²) in [4.78, 5) is 15.9. The number of H-pyrrole nitrogens is 1. The maximum absolute atomic E-state index is 13.3. The highest BCUT2D eigenvalue weighted by molar-refractivity contribution is 5.76. The van der Waals surface area contributed by atoms with Crippen LogP contribution in [0.3, 0.4) is 0 Å². The summed E-state index contributed by atoms with van der Waals surface area (Å²) in [6.45, 7) is 0.424. The van der Waals surface area contributed by atoms with E-state index in [2.05, 4.69) is 19.9 Å². The monoisotopic (exact) mass is 339 g/mol. The van der Waals surface area contributed by atoms with E-state index in [4.69, 9.17) is 15.2 Å². The number of benzene rings is 1. The standard InChI is InChI=1S/C17H14FN5O2/c18-11-4-2-10(3-5-11)13-14(12-6-7-20-17(19)21-12)23-15(22-13)16-24-8-1-9-25-16/h1-8,16H,9H2,(H,22,23)(H2,19,20,21). The van der Waals surface area contributed by atoms with E-state index < -0.39 is 6.29 Å². The van der Waals surface area contributed by atoms with E-state index in [-0.39, 0.29) is 11.8 Å². The fraction of sp³-hybridized carbons (Fsp3) is 0.118.